The largest absolute Gasteiger partial charge is 0.343 e. The molecule has 0 aliphatic heterocycles. The molecule has 0 aromatic heterocycles. The van der Waals surface area contributed by atoms with Crippen LogP contribution in [0.25, 0.3) is 0 Å². The van der Waals surface area contributed by atoms with Gasteiger partial charge in [-0.05, 0) is 13.8 Å². The molecule has 1 atom stereocenters. The zero-order chi connectivity index (χ0) is 11.1. The standard InChI is InChI=1S/C8H17Cl2O2P/c1-7(2,3)13(11,12)8(4,5)6(9)10/h6H,1-5H3,(H,11,12). The molecule has 13 heavy (non-hydrogen) atoms. The maximum absolute atomic E-state index is 12.1. The van der Waals surface area contributed by atoms with Crippen LogP contribution in [0.4, 0.5) is 0 Å². The van der Waals surface area contributed by atoms with E-state index in [4.69, 9.17) is 23.2 Å². The van der Waals surface area contributed by atoms with Gasteiger partial charge >= 0.3 is 0 Å². The van der Waals surface area contributed by atoms with Crippen LogP contribution in [0.3, 0.4) is 0 Å². The third kappa shape index (κ3) is 2.41. The van der Waals surface area contributed by atoms with Crippen LogP contribution in [0.1, 0.15) is 34.6 Å². The molecule has 0 fully saturated rings. The molecule has 5 heteroatoms. The summed E-state index contributed by atoms with van der Waals surface area (Å²) in [6.07, 6.45) is 0. The molecule has 0 aliphatic rings. The number of hydrogen-bond donors (Lipinski definition) is 1. The van der Waals surface area contributed by atoms with Crippen molar-refractivity contribution in [2.24, 2.45) is 0 Å². The molecule has 1 N–H and O–H groups in total. The van der Waals surface area contributed by atoms with E-state index in [9.17, 15) is 9.46 Å². The van der Waals surface area contributed by atoms with Crippen LogP contribution >= 0.6 is 30.6 Å². The fraction of sp³-hybridized carbons (Fsp3) is 1.00. The minimum atomic E-state index is -3.40. The van der Waals surface area contributed by atoms with E-state index in [2.05, 4.69) is 0 Å². The molecule has 0 rings (SSSR count). The molecule has 1 unspecified atom stereocenters. The predicted molar refractivity (Wildman–Crippen MR) is 59.2 cm³/mol. The molecular weight excluding hydrogens is 230 g/mol. The molecule has 0 aromatic rings. The Hall–Kier alpha value is 0.770. The molecule has 0 saturated heterocycles. The van der Waals surface area contributed by atoms with Crippen LogP contribution in [0.5, 0.6) is 0 Å². The lowest BCUT2D eigenvalue weighted by atomic mass is 10.2. The number of halogens is 2. The third-order valence-electron chi connectivity index (χ3n) is 2.22. The van der Waals surface area contributed by atoms with Crippen molar-refractivity contribution in [3.63, 3.8) is 0 Å². The maximum Gasteiger partial charge on any atom is 0.213 e. The molecule has 0 spiro atoms. The van der Waals surface area contributed by atoms with E-state index in [1.807, 2.05) is 0 Å². The van der Waals surface area contributed by atoms with Crippen LogP contribution in [0, 0.1) is 0 Å². The summed E-state index contributed by atoms with van der Waals surface area (Å²) in [7, 11) is -3.40. The first-order valence-electron chi connectivity index (χ1n) is 4.05. The highest BCUT2D eigenvalue weighted by Gasteiger charge is 2.51. The van der Waals surface area contributed by atoms with E-state index in [1.165, 1.54) is 0 Å². The van der Waals surface area contributed by atoms with E-state index in [-0.39, 0.29) is 0 Å². The molecule has 0 radical (unpaired) electrons. The van der Waals surface area contributed by atoms with Crippen molar-refractivity contribution >= 4 is 30.6 Å². The van der Waals surface area contributed by atoms with E-state index in [0.717, 1.165) is 0 Å². The monoisotopic (exact) mass is 246 g/mol. The topological polar surface area (TPSA) is 37.3 Å². The van der Waals surface area contributed by atoms with Gasteiger partial charge in [0, 0.05) is 5.16 Å². The fourth-order valence-electron chi connectivity index (χ4n) is 0.997. The minimum absolute atomic E-state index is 0.696. The first-order valence-corrected chi connectivity index (χ1v) is 6.59. The van der Waals surface area contributed by atoms with Crippen LogP contribution in [-0.4, -0.2) is 20.0 Å². The van der Waals surface area contributed by atoms with Crippen molar-refractivity contribution in [1.29, 1.82) is 0 Å². The van der Waals surface area contributed by atoms with Crippen LogP contribution in [0.15, 0.2) is 0 Å². The summed E-state index contributed by atoms with van der Waals surface area (Å²) in [5, 5.41) is -1.67. The van der Waals surface area contributed by atoms with Gasteiger partial charge in [-0.15, -0.1) is 23.2 Å². The molecule has 0 amide bonds. The normalized spacial score (nSPS) is 18.8. The Morgan fingerprint density at radius 1 is 1.15 bits per heavy atom. The van der Waals surface area contributed by atoms with Gasteiger partial charge in [0.15, 0.2) is 0 Å². The smallest absolute Gasteiger partial charge is 0.213 e. The lowest BCUT2D eigenvalue weighted by Crippen LogP contribution is -2.36. The molecule has 0 heterocycles. The molecular formula is C8H17Cl2O2P. The van der Waals surface area contributed by atoms with E-state index in [0.29, 0.717) is 0 Å². The average molecular weight is 247 g/mol. The van der Waals surface area contributed by atoms with Gasteiger partial charge in [-0.25, -0.2) is 0 Å². The van der Waals surface area contributed by atoms with Gasteiger partial charge in [0.1, 0.15) is 4.84 Å². The minimum Gasteiger partial charge on any atom is -0.343 e. The third-order valence-corrected chi connectivity index (χ3v) is 7.26. The second-order valence-electron chi connectivity index (χ2n) is 4.70. The van der Waals surface area contributed by atoms with Crippen LogP contribution in [-0.2, 0) is 4.57 Å². The number of hydrogen-bond acceptors (Lipinski definition) is 1. The summed E-state index contributed by atoms with van der Waals surface area (Å²) >= 11 is 11.4. The lowest BCUT2D eigenvalue weighted by molar-refractivity contribution is 0.410. The summed E-state index contributed by atoms with van der Waals surface area (Å²) < 4.78 is 12.1. The van der Waals surface area contributed by atoms with Crippen molar-refractivity contribution in [2.45, 2.75) is 49.8 Å². The fourth-order valence-corrected chi connectivity index (χ4v) is 3.78. The van der Waals surface area contributed by atoms with Crippen LogP contribution in [0.2, 0.25) is 0 Å². The van der Waals surface area contributed by atoms with Crippen molar-refractivity contribution in [3.05, 3.63) is 0 Å². The van der Waals surface area contributed by atoms with E-state index < -0.39 is 22.5 Å². The molecule has 0 bridgehead atoms. The second-order valence-corrected chi connectivity index (χ2v) is 9.44. The Morgan fingerprint density at radius 2 is 1.46 bits per heavy atom. The highest BCUT2D eigenvalue weighted by atomic mass is 35.5. The van der Waals surface area contributed by atoms with Gasteiger partial charge in [-0.1, -0.05) is 20.8 Å². The van der Waals surface area contributed by atoms with Crippen molar-refractivity contribution in [3.8, 4) is 0 Å². The zero-order valence-electron chi connectivity index (χ0n) is 8.64. The van der Waals surface area contributed by atoms with Gasteiger partial charge in [0.2, 0.25) is 7.37 Å². The predicted octanol–water partition coefficient (Wildman–Crippen LogP) is 3.64. The van der Waals surface area contributed by atoms with Gasteiger partial charge in [-0.3, -0.25) is 4.57 Å². The van der Waals surface area contributed by atoms with Gasteiger partial charge < -0.3 is 4.89 Å². The SMILES string of the molecule is CC(C)(C)P(=O)(O)C(C)(C)C(Cl)Cl. The Kier molecular flexibility index (Phi) is 3.95. The molecule has 80 valence electrons. The number of alkyl halides is 2. The highest BCUT2D eigenvalue weighted by molar-refractivity contribution is 7.61. The molecule has 0 aromatic carbocycles. The summed E-state index contributed by atoms with van der Waals surface area (Å²) in [5.74, 6) is 0. The first-order chi connectivity index (χ1) is 5.44. The quantitative estimate of drug-likeness (QED) is 0.597. The lowest BCUT2D eigenvalue weighted by Gasteiger charge is -2.39. The van der Waals surface area contributed by atoms with Gasteiger partial charge in [0.05, 0.1) is 5.16 Å². The molecule has 2 nitrogen and oxygen atoms in total. The zero-order valence-corrected chi connectivity index (χ0v) is 11.0. The maximum atomic E-state index is 12.1. The molecule has 0 aliphatic carbocycles. The Morgan fingerprint density at radius 3 is 1.54 bits per heavy atom. The average Bonchev–Trinajstić information content (AvgIpc) is 1.84. The van der Waals surface area contributed by atoms with Gasteiger partial charge in [0.25, 0.3) is 0 Å². The van der Waals surface area contributed by atoms with E-state index >= 15 is 0 Å². The van der Waals surface area contributed by atoms with Gasteiger partial charge in [-0.2, -0.15) is 0 Å². The van der Waals surface area contributed by atoms with Crippen LogP contribution < -0.4 is 0 Å². The van der Waals surface area contributed by atoms with Crippen molar-refractivity contribution < 1.29 is 9.46 Å². The Labute approximate surface area is 90.1 Å². The summed E-state index contributed by atoms with van der Waals surface area (Å²) in [4.78, 5) is 9.09. The summed E-state index contributed by atoms with van der Waals surface area (Å²) in [5.41, 5.74) is 0. The Bertz CT molecular complexity index is 231. The first kappa shape index (κ1) is 13.8. The second kappa shape index (κ2) is 3.73. The summed E-state index contributed by atoms with van der Waals surface area (Å²) in [6.45, 7) is 8.37. The Balaban J connectivity index is 5.18. The highest BCUT2D eigenvalue weighted by Crippen LogP contribution is 2.65. The summed E-state index contributed by atoms with van der Waals surface area (Å²) in [6, 6.07) is 0. The van der Waals surface area contributed by atoms with E-state index in [1.54, 1.807) is 34.6 Å². The molecule has 0 saturated carbocycles. The number of rotatable bonds is 2. The van der Waals surface area contributed by atoms with Crippen molar-refractivity contribution in [1.82, 2.24) is 0 Å². The van der Waals surface area contributed by atoms with Crippen molar-refractivity contribution in [2.75, 3.05) is 0 Å².